The Morgan fingerprint density at radius 1 is 1.24 bits per heavy atom. The summed E-state index contributed by atoms with van der Waals surface area (Å²) in [5.74, 6) is 1.54. The molecule has 37 heavy (non-hydrogen) atoms. The van der Waals surface area contributed by atoms with Gasteiger partial charge in [0.15, 0.2) is 11.5 Å². The fraction of sp³-hybridized carbons (Fsp3) is 0.480. The van der Waals surface area contributed by atoms with Crippen LogP contribution in [0.15, 0.2) is 29.5 Å². The van der Waals surface area contributed by atoms with E-state index in [1.165, 1.54) is 25.2 Å². The highest BCUT2D eigenvalue weighted by atomic mass is 16.5. The van der Waals surface area contributed by atoms with E-state index in [0.29, 0.717) is 48.9 Å². The van der Waals surface area contributed by atoms with Gasteiger partial charge < -0.3 is 25.3 Å². The van der Waals surface area contributed by atoms with Crippen molar-refractivity contribution in [3.63, 3.8) is 0 Å². The second-order valence-electron chi connectivity index (χ2n) is 9.50. The first-order valence-corrected chi connectivity index (χ1v) is 12.6. The van der Waals surface area contributed by atoms with Gasteiger partial charge in [0, 0.05) is 50.5 Å². The molecule has 2 atom stereocenters. The van der Waals surface area contributed by atoms with E-state index < -0.39 is 5.91 Å². The van der Waals surface area contributed by atoms with Crippen LogP contribution in [0.5, 0.6) is 11.5 Å². The number of amides is 1. The maximum absolute atomic E-state index is 12.8. The first-order valence-electron chi connectivity index (χ1n) is 12.6. The number of benzene rings is 1. The topological polar surface area (TPSA) is 142 Å². The predicted octanol–water partition coefficient (Wildman–Crippen LogP) is 1.22. The molecular formula is C25H30N8O4. The number of hydrogen-bond acceptors (Lipinski definition) is 10. The summed E-state index contributed by atoms with van der Waals surface area (Å²) in [6.45, 7) is 4.86. The summed E-state index contributed by atoms with van der Waals surface area (Å²) in [4.78, 5) is 32.0. The fourth-order valence-corrected chi connectivity index (χ4v) is 5.30. The zero-order valence-corrected chi connectivity index (χ0v) is 20.7. The largest absolute Gasteiger partial charge is 0.491 e. The predicted molar refractivity (Wildman–Crippen MR) is 136 cm³/mol. The smallest absolute Gasteiger partial charge is 0.283 e. The highest BCUT2D eigenvalue weighted by molar-refractivity contribution is 5.96. The summed E-state index contributed by atoms with van der Waals surface area (Å²) in [5.41, 5.74) is 6.61. The molecule has 1 aromatic carbocycles. The van der Waals surface area contributed by atoms with Gasteiger partial charge in [0.2, 0.25) is 11.6 Å². The van der Waals surface area contributed by atoms with Crippen LogP contribution in [0.2, 0.25) is 0 Å². The first kappa shape index (κ1) is 23.6. The third kappa shape index (κ3) is 4.69. The monoisotopic (exact) mass is 506 g/mol. The Morgan fingerprint density at radius 2 is 2.03 bits per heavy atom. The fourth-order valence-electron chi connectivity index (χ4n) is 5.30. The van der Waals surface area contributed by atoms with E-state index in [9.17, 15) is 4.79 Å². The van der Waals surface area contributed by atoms with Crippen LogP contribution >= 0.6 is 0 Å². The molecule has 6 rings (SSSR count). The minimum atomic E-state index is -0.503. The van der Waals surface area contributed by atoms with Gasteiger partial charge in [-0.15, -0.1) is 0 Å². The molecule has 2 aromatic heterocycles. The Morgan fingerprint density at radius 3 is 2.78 bits per heavy atom. The van der Waals surface area contributed by atoms with Gasteiger partial charge in [0.25, 0.3) is 5.91 Å². The normalized spacial score (nSPS) is 21.2. The van der Waals surface area contributed by atoms with Crippen molar-refractivity contribution in [3.8, 4) is 11.5 Å². The van der Waals surface area contributed by atoms with Crippen LogP contribution in [-0.2, 0) is 11.3 Å². The van der Waals surface area contributed by atoms with E-state index in [0.717, 1.165) is 37.3 Å². The number of hydrogen-bond donors (Lipinski definition) is 2. The van der Waals surface area contributed by atoms with Crippen LogP contribution in [0.4, 0.5) is 11.8 Å². The van der Waals surface area contributed by atoms with E-state index in [-0.39, 0.29) is 17.1 Å². The summed E-state index contributed by atoms with van der Waals surface area (Å²) >= 11 is 0. The third-order valence-corrected chi connectivity index (χ3v) is 7.02. The Bertz CT molecular complexity index is 1380. The molecule has 1 amide bonds. The second kappa shape index (κ2) is 9.94. The summed E-state index contributed by atoms with van der Waals surface area (Å²) in [5, 5.41) is 4.24. The zero-order valence-electron chi connectivity index (χ0n) is 20.7. The molecule has 3 aliphatic heterocycles. The number of nitrogens with one attached hydrogen (secondary N) is 1. The summed E-state index contributed by atoms with van der Waals surface area (Å²) < 4.78 is 19.7. The van der Waals surface area contributed by atoms with Crippen LogP contribution in [0.25, 0.3) is 10.9 Å². The molecule has 0 radical (unpaired) electrons. The molecule has 2 unspecified atom stereocenters. The lowest BCUT2D eigenvalue weighted by atomic mass is 10.2. The molecule has 2 saturated heterocycles. The minimum absolute atomic E-state index is 0.0918. The average Bonchev–Trinajstić information content (AvgIpc) is 3.53. The van der Waals surface area contributed by atoms with Gasteiger partial charge in [-0.1, -0.05) is 0 Å². The van der Waals surface area contributed by atoms with Gasteiger partial charge in [-0.25, -0.2) is 15.0 Å². The molecule has 0 aliphatic carbocycles. The van der Waals surface area contributed by atoms with E-state index in [1.54, 1.807) is 7.11 Å². The number of nitrogen functional groups attached to an aromatic ring is 1. The van der Waals surface area contributed by atoms with Crippen molar-refractivity contribution < 1.29 is 19.0 Å². The number of carbonyl (C=O) groups excluding carboxylic acids is 1. The Kier molecular flexibility index (Phi) is 6.35. The summed E-state index contributed by atoms with van der Waals surface area (Å²) in [6, 6.07) is 3.87. The van der Waals surface area contributed by atoms with Crippen molar-refractivity contribution in [2.24, 2.45) is 4.99 Å². The number of aromatic nitrogens is 4. The molecule has 2 fully saturated rings. The second-order valence-corrected chi connectivity index (χ2v) is 9.50. The number of nitrogens with two attached hydrogens (primary N) is 1. The summed E-state index contributed by atoms with van der Waals surface area (Å²) in [7, 11) is 1.59. The number of methoxy groups -OCH3 is 1. The van der Waals surface area contributed by atoms with Gasteiger partial charge in [0.1, 0.15) is 11.3 Å². The molecule has 2 bridgehead atoms. The highest BCUT2D eigenvalue weighted by Crippen LogP contribution is 2.37. The molecule has 3 N–H and O–H groups in total. The third-order valence-electron chi connectivity index (χ3n) is 7.02. The summed E-state index contributed by atoms with van der Waals surface area (Å²) in [6.07, 6.45) is 6.72. The van der Waals surface area contributed by atoms with E-state index in [1.807, 2.05) is 16.7 Å². The zero-order chi connectivity index (χ0) is 25.4. The molecule has 3 aromatic rings. The van der Waals surface area contributed by atoms with Crippen molar-refractivity contribution in [1.29, 1.82) is 0 Å². The van der Waals surface area contributed by atoms with E-state index in [2.05, 4.69) is 25.2 Å². The Labute approximate surface area is 213 Å². The number of ether oxygens (including phenoxy) is 3. The maximum atomic E-state index is 12.8. The lowest BCUT2D eigenvalue weighted by Crippen LogP contribution is -2.43. The highest BCUT2D eigenvalue weighted by Gasteiger charge is 2.33. The minimum Gasteiger partial charge on any atom is -0.491 e. The standard InChI is InChI=1S/C25H30N8O4/c1-35-21-19(36-10-2-8-32-13-16-3-4-17(14-32)37-16)6-5-18-20(21)30-25(33-9-7-27-22(18)33)31-23(34)15-11-28-24(26)29-12-15/h5-6,11-12,16-17,27H,2-4,7-10,13-14H2,1H3,(H2,26,28,29). The number of carbonyl (C=O) groups is 1. The van der Waals surface area contributed by atoms with Gasteiger partial charge in [-0.3, -0.25) is 14.3 Å². The molecule has 194 valence electrons. The Hall–Kier alpha value is -3.77. The van der Waals surface area contributed by atoms with Crippen LogP contribution in [-0.4, -0.2) is 82.4 Å². The average molecular weight is 507 g/mol. The van der Waals surface area contributed by atoms with E-state index >= 15 is 0 Å². The lowest BCUT2D eigenvalue weighted by molar-refractivity contribution is -0.0391. The van der Waals surface area contributed by atoms with Gasteiger partial charge in [-0.2, -0.15) is 4.99 Å². The Balaban J connectivity index is 1.25. The van der Waals surface area contributed by atoms with Crippen molar-refractivity contribution in [2.75, 3.05) is 50.9 Å². The number of fused-ring (bicyclic) bond motifs is 5. The van der Waals surface area contributed by atoms with Crippen LogP contribution < -0.4 is 26.1 Å². The van der Waals surface area contributed by atoms with Crippen molar-refractivity contribution in [2.45, 2.75) is 38.0 Å². The molecule has 12 nitrogen and oxygen atoms in total. The number of nitrogens with zero attached hydrogens (tertiary/aromatic N) is 6. The molecule has 5 heterocycles. The quantitative estimate of drug-likeness (QED) is 0.449. The molecule has 0 saturated carbocycles. The molecule has 3 aliphatic rings. The van der Waals surface area contributed by atoms with Gasteiger partial charge >= 0.3 is 0 Å². The molecule has 12 heteroatoms. The maximum Gasteiger partial charge on any atom is 0.283 e. The van der Waals surface area contributed by atoms with Crippen molar-refractivity contribution in [3.05, 3.63) is 35.7 Å². The number of likely N-dealkylation sites (tertiary alicyclic amines) is 1. The number of morpholine rings is 1. The number of rotatable bonds is 7. The first-order chi connectivity index (χ1) is 18.1. The SMILES string of the molecule is COc1c(OCCCN2CC3CCC(C2)O3)ccc2c3n(c(=NC(=O)c4cnc(N)nc4)nc12)CCN3. The lowest BCUT2D eigenvalue weighted by Gasteiger charge is -2.31. The van der Waals surface area contributed by atoms with Crippen LogP contribution in [0.3, 0.4) is 0 Å². The van der Waals surface area contributed by atoms with Gasteiger partial charge in [-0.05, 0) is 31.4 Å². The molecule has 0 spiro atoms. The number of anilines is 2. The molecular weight excluding hydrogens is 476 g/mol. The van der Waals surface area contributed by atoms with Crippen LogP contribution in [0, 0.1) is 0 Å². The van der Waals surface area contributed by atoms with Crippen molar-refractivity contribution in [1.82, 2.24) is 24.4 Å². The van der Waals surface area contributed by atoms with Gasteiger partial charge in [0.05, 0.1) is 31.5 Å². The van der Waals surface area contributed by atoms with E-state index in [4.69, 9.17) is 24.9 Å². The van der Waals surface area contributed by atoms with Crippen LogP contribution in [0.1, 0.15) is 29.6 Å². The van der Waals surface area contributed by atoms with Crippen molar-refractivity contribution >= 4 is 28.6 Å².